The first-order valence-corrected chi connectivity index (χ1v) is 12.1. The van der Waals surface area contributed by atoms with Crippen molar-refractivity contribution in [3.05, 3.63) is 58.6 Å². The molecule has 2 N–H and O–H groups in total. The summed E-state index contributed by atoms with van der Waals surface area (Å²) in [6.07, 6.45) is 6.64. The fourth-order valence-corrected chi connectivity index (χ4v) is 5.42. The molecule has 34 heavy (non-hydrogen) atoms. The van der Waals surface area contributed by atoms with E-state index < -0.39 is 12.5 Å². The lowest BCUT2D eigenvalue weighted by atomic mass is 9.83. The molecule has 3 aliphatic rings. The van der Waals surface area contributed by atoms with Crippen molar-refractivity contribution >= 4 is 23.2 Å². The summed E-state index contributed by atoms with van der Waals surface area (Å²) < 4.78 is 0. The van der Waals surface area contributed by atoms with Crippen LogP contribution in [-0.4, -0.2) is 64.1 Å². The highest BCUT2D eigenvalue weighted by molar-refractivity contribution is 5.94. The number of aromatic nitrogens is 2. The van der Waals surface area contributed by atoms with Gasteiger partial charge in [-0.05, 0) is 55.0 Å². The van der Waals surface area contributed by atoms with Crippen molar-refractivity contribution in [3.8, 4) is 0 Å². The van der Waals surface area contributed by atoms with Crippen LogP contribution in [0.5, 0.6) is 0 Å². The topological polar surface area (TPSA) is 98.7 Å². The lowest BCUT2D eigenvalue weighted by Gasteiger charge is -2.36. The lowest BCUT2D eigenvalue weighted by Crippen LogP contribution is -2.41. The molecule has 2 atom stereocenters. The Balaban J connectivity index is 1.44. The number of carbonyl (C=O) groups is 2. The number of aliphatic hydroxyl groups is 1. The molecule has 0 spiro atoms. The largest absolute Gasteiger partial charge is 0.387 e. The van der Waals surface area contributed by atoms with E-state index in [1.807, 2.05) is 24.0 Å². The predicted molar refractivity (Wildman–Crippen MR) is 129 cm³/mol. The molecule has 1 fully saturated rings. The molecule has 1 aromatic carbocycles. The molecule has 0 bridgehead atoms. The maximum absolute atomic E-state index is 12.9. The Morgan fingerprint density at radius 1 is 1.15 bits per heavy atom. The van der Waals surface area contributed by atoms with Gasteiger partial charge in [0.1, 0.15) is 18.8 Å². The van der Waals surface area contributed by atoms with Crippen LogP contribution in [0.2, 0.25) is 0 Å². The number of anilines is 1. The van der Waals surface area contributed by atoms with Gasteiger partial charge in [0.15, 0.2) is 0 Å². The van der Waals surface area contributed by atoms with Crippen molar-refractivity contribution in [2.75, 3.05) is 31.1 Å². The minimum atomic E-state index is -0.539. The number of allylic oxidation sites excluding steroid dienone is 1. The van der Waals surface area contributed by atoms with Gasteiger partial charge in [-0.3, -0.25) is 9.59 Å². The lowest BCUT2D eigenvalue weighted by molar-refractivity contribution is -0.124. The molecule has 1 aromatic heterocycles. The van der Waals surface area contributed by atoms with Crippen LogP contribution in [-0.2, 0) is 17.8 Å². The van der Waals surface area contributed by atoms with Crippen molar-refractivity contribution < 1.29 is 14.7 Å². The Kier molecular flexibility index (Phi) is 6.08. The average Bonchev–Trinajstić information content (AvgIpc) is 3.40. The van der Waals surface area contributed by atoms with Gasteiger partial charge < -0.3 is 20.2 Å². The number of benzene rings is 1. The second-order valence-corrected chi connectivity index (χ2v) is 9.50. The van der Waals surface area contributed by atoms with Gasteiger partial charge in [0, 0.05) is 43.2 Å². The summed E-state index contributed by atoms with van der Waals surface area (Å²) >= 11 is 0. The van der Waals surface area contributed by atoms with Crippen LogP contribution in [0.15, 0.2) is 30.6 Å². The number of amides is 2. The SMILES string of the molecule is CC1=CC(NC(=O)CO)C(C)c2c1ncnc2N1CCc2ccc(C(=O)N3CCCC3)cc2C1. The van der Waals surface area contributed by atoms with E-state index in [2.05, 4.69) is 39.2 Å². The highest BCUT2D eigenvalue weighted by atomic mass is 16.3. The number of carbonyl (C=O) groups excluding carboxylic acids is 2. The Morgan fingerprint density at radius 3 is 2.71 bits per heavy atom. The summed E-state index contributed by atoms with van der Waals surface area (Å²) in [6, 6.07) is 5.88. The van der Waals surface area contributed by atoms with Gasteiger partial charge in [-0.15, -0.1) is 0 Å². The molecule has 8 heteroatoms. The molecule has 1 aliphatic carbocycles. The van der Waals surface area contributed by atoms with Crippen molar-refractivity contribution in [2.45, 2.75) is 51.6 Å². The molecule has 178 valence electrons. The highest BCUT2D eigenvalue weighted by Gasteiger charge is 2.33. The molecular weight excluding hydrogens is 430 g/mol. The van der Waals surface area contributed by atoms with Crippen LogP contribution in [0, 0.1) is 0 Å². The quantitative estimate of drug-likeness (QED) is 0.725. The summed E-state index contributed by atoms with van der Waals surface area (Å²) in [6.45, 7) is 6.68. The summed E-state index contributed by atoms with van der Waals surface area (Å²) in [7, 11) is 0. The number of nitrogens with one attached hydrogen (secondary N) is 1. The van der Waals surface area contributed by atoms with E-state index in [1.54, 1.807) is 6.33 Å². The number of nitrogens with zero attached hydrogens (tertiary/aromatic N) is 4. The fourth-order valence-electron chi connectivity index (χ4n) is 5.42. The first-order valence-electron chi connectivity index (χ1n) is 12.1. The Labute approximate surface area is 199 Å². The number of rotatable bonds is 4. The van der Waals surface area contributed by atoms with Crippen LogP contribution in [0.4, 0.5) is 5.82 Å². The van der Waals surface area contributed by atoms with E-state index in [4.69, 9.17) is 0 Å². The number of aliphatic hydroxyl groups excluding tert-OH is 1. The summed E-state index contributed by atoms with van der Waals surface area (Å²) in [5, 5.41) is 12.1. The number of fused-ring (bicyclic) bond motifs is 2. The van der Waals surface area contributed by atoms with Crippen LogP contribution in [0.25, 0.3) is 5.57 Å². The van der Waals surface area contributed by atoms with E-state index in [-0.39, 0.29) is 17.9 Å². The molecule has 2 aromatic rings. The Hall–Kier alpha value is -3.26. The monoisotopic (exact) mass is 461 g/mol. The van der Waals surface area contributed by atoms with E-state index in [0.29, 0.717) is 6.54 Å². The van der Waals surface area contributed by atoms with Gasteiger partial charge in [-0.1, -0.05) is 19.1 Å². The van der Waals surface area contributed by atoms with E-state index in [1.165, 1.54) is 5.56 Å². The summed E-state index contributed by atoms with van der Waals surface area (Å²) in [5.74, 6) is 0.545. The van der Waals surface area contributed by atoms with Gasteiger partial charge in [-0.25, -0.2) is 9.97 Å². The fraction of sp³-hybridized carbons (Fsp3) is 0.462. The molecule has 2 amide bonds. The Bertz CT molecular complexity index is 1160. The van der Waals surface area contributed by atoms with Crippen molar-refractivity contribution in [3.63, 3.8) is 0 Å². The van der Waals surface area contributed by atoms with Gasteiger partial charge >= 0.3 is 0 Å². The maximum atomic E-state index is 12.9. The first-order chi connectivity index (χ1) is 16.5. The minimum Gasteiger partial charge on any atom is -0.387 e. The van der Waals surface area contributed by atoms with E-state index >= 15 is 0 Å². The van der Waals surface area contributed by atoms with Gasteiger partial charge in [-0.2, -0.15) is 0 Å². The van der Waals surface area contributed by atoms with E-state index in [0.717, 1.165) is 72.7 Å². The van der Waals surface area contributed by atoms with Crippen LogP contribution >= 0.6 is 0 Å². The molecular formula is C26H31N5O3. The second kappa shape index (κ2) is 9.18. The van der Waals surface area contributed by atoms with E-state index in [9.17, 15) is 14.7 Å². The molecule has 2 unspecified atom stereocenters. The smallest absolute Gasteiger partial charge is 0.253 e. The van der Waals surface area contributed by atoms with Crippen molar-refractivity contribution in [1.29, 1.82) is 0 Å². The van der Waals surface area contributed by atoms with Crippen LogP contribution in [0.3, 0.4) is 0 Å². The van der Waals surface area contributed by atoms with Gasteiger partial charge in [0.2, 0.25) is 5.91 Å². The molecule has 1 saturated heterocycles. The number of hydrogen-bond donors (Lipinski definition) is 2. The number of likely N-dealkylation sites (tertiary alicyclic amines) is 1. The molecule has 2 aliphatic heterocycles. The van der Waals surface area contributed by atoms with Crippen molar-refractivity contribution in [2.24, 2.45) is 0 Å². The molecule has 0 saturated carbocycles. The van der Waals surface area contributed by atoms with Crippen LogP contribution in [0.1, 0.15) is 65.3 Å². The predicted octanol–water partition coefficient (Wildman–Crippen LogP) is 2.27. The zero-order valence-corrected chi connectivity index (χ0v) is 19.8. The third-order valence-electron chi connectivity index (χ3n) is 7.29. The molecule has 5 rings (SSSR count). The first kappa shape index (κ1) is 22.5. The summed E-state index contributed by atoms with van der Waals surface area (Å²) in [4.78, 5) is 38.3. The normalized spacial score (nSPS) is 21.6. The summed E-state index contributed by atoms with van der Waals surface area (Å²) in [5.41, 5.74) is 6.08. The second-order valence-electron chi connectivity index (χ2n) is 9.50. The highest BCUT2D eigenvalue weighted by Crippen LogP contribution is 2.39. The standard InChI is InChI=1S/C26H31N5O3/c1-16-11-21(29-22(33)14-32)17(2)23-24(16)27-15-28-25(23)31-10-7-18-5-6-19(12-20(18)13-31)26(34)30-8-3-4-9-30/h5-6,11-12,15,17,21,32H,3-4,7-10,13-14H2,1-2H3,(H,29,33). The zero-order chi connectivity index (χ0) is 23.8. The maximum Gasteiger partial charge on any atom is 0.253 e. The zero-order valence-electron chi connectivity index (χ0n) is 19.8. The third kappa shape index (κ3) is 4.07. The minimum absolute atomic E-state index is 0.0464. The Morgan fingerprint density at radius 2 is 1.94 bits per heavy atom. The molecule has 0 radical (unpaired) electrons. The molecule has 3 heterocycles. The van der Waals surface area contributed by atoms with Crippen molar-refractivity contribution in [1.82, 2.24) is 20.2 Å². The van der Waals surface area contributed by atoms with Gasteiger partial charge in [0.25, 0.3) is 5.91 Å². The van der Waals surface area contributed by atoms with Gasteiger partial charge in [0.05, 0.1) is 11.7 Å². The number of hydrogen-bond acceptors (Lipinski definition) is 6. The third-order valence-corrected chi connectivity index (χ3v) is 7.29. The average molecular weight is 462 g/mol. The molecule has 8 nitrogen and oxygen atoms in total. The van der Waals surface area contributed by atoms with Crippen LogP contribution < -0.4 is 10.2 Å².